The lowest BCUT2D eigenvalue weighted by Crippen LogP contribution is -2.56. The Hall–Kier alpha value is -4.03. The van der Waals surface area contributed by atoms with Crippen LogP contribution in [-0.4, -0.2) is 14.0 Å². The van der Waals surface area contributed by atoms with Crippen molar-refractivity contribution in [3.05, 3.63) is 145 Å². The first-order valence-electron chi connectivity index (χ1n) is 16.4. The first kappa shape index (κ1) is 32.4. The minimum Gasteiger partial charge on any atom is -0.0782 e. The highest BCUT2D eigenvalue weighted by molar-refractivity contribution is 6.96. The van der Waals surface area contributed by atoms with Crippen molar-refractivity contribution in [2.45, 2.75) is 76.2 Å². The fourth-order valence-corrected chi connectivity index (χ4v) is 7.74. The second-order valence-corrected chi connectivity index (χ2v) is 13.8. The monoisotopic (exact) mass is 586 g/mol. The third-order valence-corrected chi connectivity index (χ3v) is 9.68. The van der Waals surface area contributed by atoms with Crippen LogP contribution in [0.5, 0.6) is 0 Å². The first-order valence-corrected chi connectivity index (χ1v) is 16.4. The van der Waals surface area contributed by atoms with Crippen molar-refractivity contribution < 1.29 is 0 Å². The van der Waals surface area contributed by atoms with Crippen molar-refractivity contribution in [2.24, 2.45) is 0 Å². The molecule has 0 aliphatic heterocycles. The second-order valence-electron chi connectivity index (χ2n) is 13.8. The molecule has 0 N–H and O–H groups in total. The van der Waals surface area contributed by atoms with E-state index in [1.165, 1.54) is 99.6 Å². The minimum atomic E-state index is 0.193. The molecule has 45 heavy (non-hydrogen) atoms. The van der Waals surface area contributed by atoms with Crippen LogP contribution in [0, 0.1) is 76.2 Å². The standard InChI is InChI=1S/C43H48B2/c1-26-18-31(6)41(32(7)19-26)44-39-16-14-37(29(4)24-39)12-13-38-15-17-40(25-30(38)5)45(42-33(8)20-27(2)21-34(42)9)43-35(10)22-28(3)23-36(43)11/h12-25,44H,1-11H3/b13-12-. The highest BCUT2D eigenvalue weighted by Crippen LogP contribution is 2.17. The van der Waals surface area contributed by atoms with Gasteiger partial charge in [-0.1, -0.05) is 162 Å². The Bertz CT molecular complexity index is 1810. The molecule has 0 amide bonds. The van der Waals surface area contributed by atoms with Crippen molar-refractivity contribution in [1.29, 1.82) is 0 Å². The molecule has 0 aromatic heterocycles. The Morgan fingerprint density at radius 2 is 0.822 bits per heavy atom. The summed E-state index contributed by atoms with van der Waals surface area (Å²) in [5, 5.41) is 0. The summed E-state index contributed by atoms with van der Waals surface area (Å²) in [6.45, 7) is 24.9. The predicted molar refractivity (Wildman–Crippen MR) is 204 cm³/mol. The van der Waals surface area contributed by atoms with Crippen molar-refractivity contribution in [3.8, 4) is 0 Å². The molecule has 0 aliphatic rings. The average Bonchev–Trinajstić information content (AvgIpc) is 2.93. The molecule has 0 bridgehead atoms. The Morgan fingerprint density at radius 3 is 1.24 bits per heavy atom. The Labute approximate surface area is 274 Å². The number of hydrogen-bond donors (Lipinski definition) is 0. The quantitative estimate of drug-likeness (QED) is 0.140. The normalized spacial score (nSPS) is 11.4. The van der Waals surface area contributed by atoms with E-state index in [9.17, 15) is 0 Å². The van der Waals surface area contributed by atoms with Gasteiger partial charge in [0.05, 0.1) is 0 Å². The van der Waals surface area contributed by atoms with Gasteiger partial charge < -0.3 is 0 Å². The number of hydrogen-bond acceptors (Lipinski definition) is 0. The van der Waals surface area contributed by atoms with Gasteiger partial charge in [0.2, 0.25) is 6.71 Å². The van der Waals surface area contributed by atoms with E-state index in [0.717, 1.165) is 7.28 Å². The third-order valence-electron chi connectivity index (χ3n) is 9.68. The molecule has 0 atom stereocenters. The molecule has 5 rings (SSSR count). The highest BCUT2D eigenvalue weighted by atomic mass is 14.1. The van der Waals surface area contributed by atoms with E-state index in [-0.39, 0.29) is 6.71 Å². The molecule has 0 saturated carbocycles. The topological polar surface area (TPSA) is 0 Å². The first-order chi connectivity index (χ1) is 21.3. The lowest BCUT2D eigenvalue weighted by molar-refractivity contribution is 1.34. The van der Waals surface area contributed by atoms with E-state index in [4.69, 9.17) is 0 Å². The van der Waals surface area contributed by atoms with Gasteiger partial charge in [0.1, 0.15) is 0 Å². The SMILES string of the molecule is Cc1cc(C)c(Bc2ccc(/C=C\c3ccc(B(c4c(C)cc(C)cc4C)c4c(C)cc(C)cc4C)cc3C)c(C)c2)c(C)c1. The maximum absolute atomic E-state index is 2.42. The molecule has 0 radical (unpaired) electrons. The molecule has 5 aromatic carbocycles. The lowest BCUT2D eigenvalue weighted by Gasteiger charge is -2.25. The number of rotatable bonds is 7. The fourth-order valence-electron chi connectivity index (χ4n) is 7.74. The van der Waals surface area contributed by atoms with Gasteiger partial charge in [-0.05, 0) is 98.4 Å². The van der Waals surface area contributed by atoms with Gasteiger partial charge >= 0.3 is 0 Å². The largest absolute Gasteiger partial charge is 0.242 e. The van der Waals surface area contributed by atoms with Gasteiger partial charge in [-0.3, -0.25) is 0 Å². The summed E-state index contributed by atoms with van der Waals surface area (Å²) in [6, 6.07) is 28.0. The Morgan fingerprint density at radius 1 is 0.422 bits per heavy atom. The third kappa shape index (κ3) is 6.96. The van der Waals surface area contributed by atoms with Gasteiger partial charge in [0.25, 0.3) is 0 Å². The average molecular weight is 586 g/mol. The molecule has 226 valence electrons. The van der Waals surface area contributed by atoms with Crippen LogP contribution in [0.3, 0.4) is 0 Å². The molecule has 0 unspecified atom stereocenters. The van der Waals surface area contributed by atoms with Gasteiger partial charge in [-0.25, -0.2) is 0 Å². The summed E-state index contributed by atoms with van der Waals surface area (Å²) in [7, 11) is 0.977. The van der Waals surface area contributed by atoms with E-state index in [1.54, 1.807) is 0 Å². The van der Waals surface area contributed by atoms with Crippen LogP contribution < -0.4 is 27.3 Å². The molecular formula is C43H48B2. The van der Waals surface area contributed by atoms with Crippen LogP contribution in [0.4, 0.5) is 0 Å². The summed E-state index contributed by atoms with van der Waals surface area (Å²) >= 11 is 0. The molecule has 0 aliphatic carbocycles. The molecule has 0 saturated heterocycles. The summed E-state index contributed by atoms with van der Waals surface area (Å²) in [5.74, 6) is 0. The molecular weight excluding hydrogens is 538 g/mol. The van der Waals surface area contributed by atoms with Crippen LogP contribution in [0.2, 0.25) is 0 Å². The molecule has 0 nitrogen and oxygen atoms in total. The Kier molecular flexibility index (Phi) is 9.45. The van der Waals surface area contributed by atoms with E-state index in [1.807, 2.05) is 0 Å². The summed E-state index contributed by atoms with van der Waals surface area (Å²) < 4.78 is 0. The van der Waals surface area contributed by atoms with Crippen LogP contribution in [0.15, 0.2) is 72.8 Å². The smallest absolute Gasteiger partial charge is 0.0782 e. The highest BCUT2D eigenvalue weighted by Gasteiger charge is 2.28. The van der Waals surface area contributed by atoms with E-state index < -0.39 is 0 Å². The van der Waals surface area contributed by atoms with Crippen molar-refractivity contribution >= 4 is 53.5 Å². The number of benzene rings is 5. The van der Waals surface area contributed by atoms with Gasteiger partial charge in [-0.15, -0.1) is 0 Å². The van der Waals surface area contributed by atoms with Crippen molar-refractivity contribution in [1.82, 2.24) is 0 Å². The van der Waals surface area contributed by atoms with Crippen LogP contribution in [-0.2, 0) is 0 Å². The lowest BCUT2D eigenvalue weighted by atomic mass is 9.34. The summed E-state index contributed by atoms with van der Waals surface area (Å²) in [6.07, 6.45) is 4.57. The molecule has 0 spiro atoms. The maximum atomic E-state index is 2.42. The Balaban J connectivity index is 1.48. The maximum Gasteiger partial charge on any atom is 0.242 e. The fraction of sp³-hybridized carbons (Fsp3) is 0.256. The van der Waals surface area contributed by atoms with E-state index in [0.29, 0.717) is 0 Å². The zero-order valence-electron chi connectivity index (χ0n) is 29.4. The molecule has 5 aromatic rings. The van der Waals surface area contributed by atoms with E-state index in [2.05, 4.69) is 161 Å². The van der Waals surface area contributed by atoms with Crippen LogP contribution in [0.25, 0.3) is 12.2 Å². The van der Waals surface area contributed by atoms with Crippen LogP contribution >= 0.6 is 0 Å². The zero-order chi connectivity index (χ0) is 32.6. The summed E-state index contributed by atoms with van der Waals surface area (Å²) in [4.78, 5) is 0. The van der Waals surface area contributed by atoms with Crippen LogP contribution in [0.1, 0.15) is 72.3 Å². The minimum absolute atomic E-state index is 0.193. The molecule has 2 heteroatoms. The van der Waals surface area contributed by atoms with Gasteiger partial charge in [-0.2, -0.15) is 0 Å². The predicted octanol–water partition coefficient (Wildman–Crippen LogP) is 7.15. The van der Waals surface area contributed by atoms with Gasteiger partial charge in [0.15, 0.2) is 7.28 Å². The van der Waals surface area contributed by atoms with E-state index >= 15 is 0 Å². The van der Waals surface area contributed by atoms with Gasteiger partial charge in [0, 0.05) is 0 Å². The second kappa shape index (κ2) is 13.1. The summed E-state index contributed by atoms with van der Waals surface area (Å²) in [5.41, 5.74) is 24.4. The zero-order valence-corrected chi connectivity index (χ0v) is 29.4. The van der Waals surface area contributed by atoms with Crippen molar-refractivity contribution in [2.75, 3.05) is 0 Å². The van der Waals surface area contributed by atoms with Crippen molar-refractivity contribution in [3.63, 3.8) is 0 Å². The molecule has 0 heterocycles. The molecule has 0 fully saturated rings. The number of aryl methyl sites for hydroxylation is 11.